The molecule has 1 aromatic rings. The average Bonchev–Trinajstić information content (AvgIpc) is 2.67. The van der Waals surface area contributed by atoms with Crippen molar-refractivity contribution in [1.29, 1.82) is 0 Å². The number of hydrogen-bond donors (Lipinski definition) is 0. The van der Waals surface area contributed by atoms with Gasteiger partial charge in [0.05, 0.1) is 12.3 Å². The highest BCUT2D eigenvalue weighted by Crippen LogP contribution is 2.19. The summed E-state index contributed by atoms with van der Waals surface area (Å²) >= 11 is 0. The van der Waals surface area contributed by atoms with Gasteiger partial charge < -0.3 is 14.4 Å². The predicted octanol–water partition coefficient (Wildman–Crippen LogP) is 2.69. The van der Waals surface area contributed by atoms with Crippen molar-refractivity contribution in [3.05, 3.63) is 30.1 Å². The minimum absolute atomic E-state index is 0.0508. The molecule has 0 saturated carbocycles. The highest BCUT2D eigenvalue weighted by atomic mass is 16.7. The topological polar surface area (TPSA) is 37.8 Å². The number of aromatic nitrogens is 1. The molecule has 0 N–H and O–H groups in total. The van der Waals surface area contributed by atoms with Gasteiger partial charge in [-0.25, -0.2) is 0 Å². The summed E-state index contributed by atoms with van der Waals surface area (Å²) in [5, 5.41) is 0. The van der Waals surface area contributed by atoms with Gasteiger partial charge in [0.25, 0.3) is 0 Å². The summed E-state index contributed by atoms with van der Waals surface area (Å²) in [6.07, 6.45) is 6.51. The first-order valence-corrected chi connectivity index (χ1v) is 9.43. The maximum Gasteiger partial charge on any atom is 0.157 e. The van der Waals surface area contributed by atoms with Crippen molar-refractivity contribution in [1.82, 2.24) is 14.8 Å². The Kier molecular flexibility index (Phi) is 7.02. The monoisotopic (exact) mass is 333 g/mol. The molecule has 0 aliphatic carbocycles. The van der Waals surface area contributed by atoms with E-state index in [9.17, 15) is 0 Å². The first-order chi connectivity index (χ1) is 11.8. The number of pyridine rings is 1. The molecule has 2 aliphatic rings. The first kappa shape index (κ1) is 17.8. The van der Waals surface area contributed by atoms with Crippen LogP contribution in [0.5, 0.6) is 0 Å². The molecule has 2 fully saturated rings. The van der Waals surface area contributed by atoms with Crippen LogP contribution in [-0.2, 0) is 9.47 Å². The van der Waals surface area contributed by atoms with Gasteiger partial charge in [-0.3, -0.25) is 9.88 Å². The first-order valence-electron chi connectivity index (χ1n) is 9.43. The Labute approximate surface area is 145 Å². The smallest absolute Gasteiger partial charge is 0.157 e. The maximum atomic E-state index is 5.82. The van der Waals surface area contributed by atoms with Gasteiger partial charge in [-0.05, 0) is 44.7 Å². The quantitative estimate of drug-likeness (QED) is 0.717. The van der Waals surface area contributed by atoms with Crippen LogP contribution >= 0.6 is 0 Å². The molecular weight excluding hydrogens is 302 g/mol. The zero-order chi connectivity index (χ0) is 16.6. The second-order valence-corrected chi connectivity index (χ2v) is 6.83. The van der Waals surface area contributed by atoms with Gasteiger partial charge in [0.15, 0.2) is 6.29 Å². The molecular formula is C19H31N3O2. The average molecular weight is 333 g/mol. The lowest BCUT2D eigenvalue weighted by atomic mass is 10.1. The summed E-state index contributed by atoms with van der Waals surface area (Å²) in [4.78, 5) is 9.58. The molecule has 0 radical (unpaired) electrons. The Balaban J connectivity index is 1.30. The van der Waals surface area contributed by atoms with Gasteiger partial charge in [-0.15, -0.1) is 0 Å². The minimum atomic E-state index is 0.0508. The van der Waals surface area contributed by atoms with E-state index in [-0.39, 0.29) is 6.29 Å². The molecule has 2 atom stereocenters. The van der Waals surface area contributed by atoms with Gasteiger partial charge in [0, 0.05) is 51.6 Å². The summed E-state index contributed by atoms with van der Waals surface area (Å²) in [5.41, 5.74) is 1.17. The molecule has 2 aliphatic heterocycles. The van der Waals surface area contributed by atoms with Crippen molar-refractivity contribution in [3.63, 3.8) is 0 Å². The zero-order valence-electron chi connectivity index (χ0n) is 14.9. The van der Waals surface area contributed by atoms with E-state index in [0.717, 1.165) is 58.8 Å². The maximum absolute atomic E-state index is 5.82. The van der Waals surface area contributed by atoms with E-state index < -0.39 is 0 Å². The molecule has 24 heavy (non-hydrogen) atoms. The van der Waals surface area contributed by atoms with Gasteiger partial charge in [-0.2, -0.15) is 0 Å². The molecule has 3 heterocycles. The van der Waals surface area contributed by atoms with E-state index >= 15 is 0 Å². The summed E-state index contributed by atoms with van der Waals surface area (Å²) < 4.78 is 11.4. The summed E-state index contributed by atoms with van der Waals surface area (Å²) in [6, 6.07) is 6.58. The third-order valence-corrected chi connectivity index (χ3v) is 5.13. The predicted molar refractivity (Wildman–Crippen MR) is 94.8 cm³/mol. The van der Waals surface area contributed by atoms with Crippen LogP contribution in [0.3, 0.4) is 0 Å². The normalized spacial score (nSPS) is 24.8. The summed E-state index contributed by atoms with van der Waals surface area (Å²) in [6.45, 7) is 9.56. The Morgan fingerprint density at radius 3 is 2.83 bits per heavy atom. The van der Waals surface area contributed by atoms with Crippen LogP contribution in [0.2, 0.25) is 0 Å². The van der Waals surface area contributed by atoms with Gasteiger partial charge >= 0.3 is 0 Å². The second-order valence-electron chi connectivity index (χ2n) is 6.83. The fourth-order valence-electron chi connectivity index (χ4n) is 3.53. The van der Waals surface area contributed by atoms with Crippen LogP contribution < -0.4 is 0 Å². The van der Waals surface area contributed by atoms with Crippen molar-refractivity contribution in [3.8, 4) is 0 Å². The van der Waals surface area contributed by atoms with Gasteiger partial charge in [-0.1, -0.05) is 6.07 Å². The number of nitrogens with zero attached hydrogens (tertiary/aromatic N) is 3. The molecule has 2 unspecified atom stereocenters. The second kappa shape index (κ2) is 9.47. The molecule has 1 aromatic heterocycles. The number of piperazine rings is 1. The van der Waals surface area contributed by atoms with Crippen molar-refractivity contribution < 1.29 is 9.47 Å². The Morgan fingerprint density at radius 1 is 1.25 bits per heavy atom. The van der Waals surface area contributed by atoms with Crippen LogP contribution in [0.1, 0.15) is 44.3 Å². The summed E-state index contributed by atoms with van der Waals surface area (Å²) in [5.74, 6) is 0. The number of rotatable bonds is 7. The molecule has 3 rings (SSSR count). The lowest BCUT2D eigenvalue weighted by molar-refractivity contribution is -0.163. The van der Waals surface area contributed by atoms with E-state index in [1.807, 2.05) is 12.3 Å². The van der Waals surface area contributed by atoms with Crippen molar-refractivity contribution in [2.24, 2.45) is 0 Å². The lowest BCUT2D eigenvalue weighted by Crippen LogP contribution is -2.47. The molecule has 2 saturated heterocycles. The molecule has 0 spiro atoms. The molecule has 0 amide bonds. The molecule has 134 valence electrons. The van der Waals surface area contributed by atoms with E-state index in [4.69, 9.17) is 9.47 Å². The van der Waals surface area contributed by atoms with Crippen LogP contribution in [0.4, 0.5) is 0 Å². The minimum Gasteiger partial charge on any atom is -0.353 e. The molecule has 0 bridgehead atoms. The zero-order valence-corrected chi connectivity index (χ0v) is 14.9. The van der Waals surface area contributed by atoms with Crippen LogP contribution in [-0.4, -0.2) is 67.0 Å². The highest BCUT2D eigenvalue weighted by Gasteiger charge is 2.22. The van der Waals surface area contributed by atoms with Crippen molar-refractivity contribution >= 4 is 0 Å². The van der Waals surface area contributed by atoms with E-state index in [2.05, 4.69) is 33.8 Å². The van der Waals surface area contributed by atoms with Crippen molar-refractivity contribution in [2.75, 3.05) is 45.9 Å². The SMILES string of the molecule is CC(c1ccccn1)N1CCN(CCCOC2CCCCO2)CC1. The standard InChI is InChI=1S/C19H31N3O2/c1-17(18-7-2-4-9-20-18)22-13-11-21(12-14-22)10-6-16-24-19-8-3-5-15-23-19/h2,4,7,9,17,19H,3,5-6,8,10-16H2,1H3. The van der Waals surface area contributed by atoms with Crippen LogP contribution in [0, 0.1) is 0 Å². The molecule has 5 heteroatoms. The van der Waals surface area contributed by atoms with E-state index in [0.29, 0.717) is 6.04 Å². The lowest BCUT2D eigenvalue weighted by Gasteiger charge is -2.37. The molecule has 0 aromatic carbocycles. The molecule has 5 nitrogen and oxygen atoms in total. The van der Waals surface area contributed by atoms with E-state index in [1.165, 1.54) is 18.5 Å². The Bertz CT molecular complexity index is 457. The Hall–Kier alpha value is -1.01. The third-order valence-electron chi connectivity index (χ3n) is 5.13. The third kappa shape index (κ3) is 5.24. The number of ether oxygens (including phenoxy) is 2. The van der Waals surface area contributed by atoms with Crippen molar-refractivity contribution in [2.45, 2.75) is 44.9 Å². The highest BCUT2D eigenvalue weighted by molar-refractivity contribution is 5.08. The largest absolute Gasteiger partial charge is 0.353 e. The van der Waals surface area contributed by atoms with E-state index in [1.54, 1.807) is 0 Å². The van der Waals surface area contributed by atoms with Gasteiger partial charge in [0.2, 0.25) is 0 Å². The fraction of sp³-hybridized carbons (Fsp3) is 0.737. The van der Waals surface area contributed by atoms with Crippen LogP contribution in [0.25, 0.3) is 0 Å². The van der Waals surface area contributed by atoms with Gasteiger partial charge in [0.1, 0.15) is 0 Å². The Morgan fingerprint density at radius 2 is 2.12 bits per heavy atom. The van der Waals surface area contributed by atoms with Crippen LogP contribution in [0.15, 0.2) is 24.4 Å². The fourth-order valence-corrected chi connectivity index (χ4v) is 3.53. The number of hydrogen-bond acceptors (Lipinski definition) is 5. The summed E-state index contributed by atoms with van der Waals surface area (Å²) in [7, 11) is 0.